The van der Waals surface area contributed by atoms with Crippen LogP contribution in [-0.2, 0) is 0 Å². The zero-order valence-corrected chi connectivity index (χ0v) is 9.35. The Kier molecular flexibility index (Phi) is 2.86. The molecule has 2 rings (SSSR count). The molecular weight excluding hydrogens is 188 g/mol. The van der Waals surface area contributed by atoms with E-state index in [9.17, 15) is 0 Å². The molecule has 4 heteroatoms. The molecule has 1 heterocycles. The highest BCUT2D eigenvalue weighted by Gasteiger charge is 2.31. The number of nitrogens with two attached hydrogens (primary N) is 1. The number of hydrogen-bond acceptors (Lipinski definition) is 4. The Morgan fingerprint density at radius 3 is 2.87 bits per heavy atom. The standard InChI is InChI=1S/C11H18N4/c1-8(12)7-15(10-3-4-10)11-13-6-5-9(2)14-11/h5-6,8,10H,3-4,7,12H2,1-2H3. The van der Waals surface area contributed by atoms with Crippen molar-refractivity contribution in [3.8, 4) is 0 Å². The lowest BCUT2D eigenvalue weighted by Gasteiger charge is -2.24. The molecule has 0 aromatic carbocycles. The molecule has 0 radical (unpaired) electrons. The second-order valence-electron chi connectivity index (χ2n) is 4.36. The fraction of sp³-hybridized carbons (Fsp3) is 0.636. The summed E-state index contributed by atoms with van der Waals surface area (Å²) in [6, 6.07) is 2.69. The Hall–Kier alpha value is -1.16. The summed E-state index contributed by atoms with van der Waals surface area (Å²) in [5.74, 6) is 0.829. The first-order valence-corrected chi connectivity index (χ1v) is 5.48. The van der Waals surface area contributed by atoms with Crippen LogP contribution in [0.5, 0.6) is 0 Å². The molecule has 1 aliphatic carbocycles. The van der Waals surface area contributed by atoms with Crippen molar-refractivity contribution in [2.45, 2.75) is 38.8 Å². The minimum Gasteiger partial charge on any atom is -0.336 e. The lowest BCUT2D eigenvalue weighted by Crippen LogP contribution is -2.38. The highest BCUT2D eigenvalue weighted by Crippen LogP contribution is 2.29. The van der Waals surface area contributed by atoms with Gasteiger partial charge in [0, 0.05) is 30.5 Å². The van der Waals surface area contributed by atoms with E-state index in [0.29, 0.717) is 6.04 Å². The van der Waals surface area contributed by atoms with Gasteiger partial charge >= 0.3 is 0 Å². The van der Waals surface area contributed by atoms with E-state index in [1.54, 1.807) is 0 Å². The van der Waals surface area contributed by atoms with Crippen LogP contribution in [0.2, 0.25) is 0 Å². The van der Waals surface area contributed by atoms with Crippen LogP contribution in [0.4, 0.5) is 5.95 Å². The quantitative estimate of drug-likeness (QED) is 0.801. The van der Waals surface area contributed by atoms with E-state index in [4.69, 9.17) is 5.73 Å². The van der Waals surface area contributed by atoms with Crippen LogP contribution in [-0.4, -0.2) is 28.6 Å². The highest BCUT2D eigenvalue weighted by molar-refractivity contribution is 5.34. The smallest absolute Gasteiger partial charge is 0.225 e. The molecule has 0 aliphatic heterocycles. The molecule has 1 unspecified atom stereocenters. The van der Waals surface area contributed by atoms with Crippen LogP contribution in [0.1, 0.15) is 25.5 Å². The van der Waals surface area contributed by atoms with Crippen molar-refractivity contribution in [3.05, 3.63) is 18.0 Å². The number of anilines is 1. The van der Waals surface area contributed by atoms with Gasteiger partial charge in [0.05, 0.1) is 0 Å². The lowest BCUT2D eigenvalue weighted by atomic mass is 10.3. The largest absolute Gasteiger partial charge is 0.336 e. The van der Waals surface area contributed by atoms with Gasteiger partial charge in [-0.1, -0.05) is 0 Å². The first kappa shape index (κ1) is 10.4. The molecule has 0 amide bonds. The van der Waals surface area contributed by atoms with Crippen molar-refractivity contribution in [1.82, 2.24) is 9.97 Å². The summed E-state index contributed by atoms with van der Waals surface area (Å²) < 4.78 is 0. The monoisotopic (exact) mass is 206 g/mol. The van der Waals surface area contributed by atoms with Crippen molar-refractivity contribution in [2.24, 2.45) is 5.73 Å². The molecule has 1 aromatic rings. The Morgan fingerprint density at radius 2 is 2.33 bits per heavy atom. The summed E-state index contributed by atoms with van der Waals surface area (Å²) >= 11 is 0. The van der Waals surface area contributed by atoms with Gasteiger partial charge < -0.3 is 10.6 Å². The van der Waals surface area contributed by atoms with Crippen LogP contribution < -0.4 is 10.6 Å². The van der Waals surface area contributed by atoms with Gasteiger partial charge in [-0.25, -0.2) is 9.97 Å². The zero-order chi connectivity index (χ0) is 10.8. The summed E-state index contributed by atoms with van der Waals surface area (Å²) in [5.41, 5.74) is 6.85. The van der Waals surface area contributed by atoms with E-state index in [0.717, 1.165) is 18.2 Å². The molecule has 1 aromatic heterocycles. The van der Waals surface area contributed by atoms with Gasteiger partial charge in [0.25, 0.3) is 0 Å². The SMILES string of the molecule is Cc1ccnc(N(CC(C)N)C2CC2)n1. The molecule has 0 spiro atoms. The molecule has 4 nitrogen and oxygen atoms in total. The van der Waals surface area contributed by atoms with Gasteiger partial charge in [0.1, 0.15) is 0 Å². The molecule has 15 heavy (non-hydrogen) atoms. The lowest BCUT2D eigenvalue weighted by molar-refractivity contribution is 0.657. The zero-order valence-electron chi connectivity index (χ0n) is 9.35. The van der Waals surface area contributed by atoms with Crippen molar-refractivity contribution in [1.29, 1.82) is 0 Å². The Labute approximate surface area is 90.5 Å². The van der Waals surface area contributed by atoms with E-state index in [1.807, 2.05) is 26.1 Å². The fourth-order valence-electron chi connectivity index (χ4n) is 1.66. The summed E-state index contributed by atoms with van der Waals surface area (Å²) in [7, 11) is 0. The van der Waals surface area contributed by atoms with Gasteiger partial charge in [-0.05, 0) is 32.8 Å². The average molecular weight is 206 g/mol. The predicted molar refractivity (Wildman–Crippen MR) is 60.8 cm³/mol. The topological polar surface area (TPSA) is 55.0 Å². The molecule has 0 bridgehead atoms. The van der Waals surface area contributed by atoms with Gasteiger partial charge in [0.15, 0.2) is 0 Å². The van der Waals surface area contributed by atoms with E-state index < -0.39 is 0 Å². The van der Waals surface area contributed by atoms with E-state index >= 15 is 0 Å². The minimum absolute atomic E-state index is 0.162. The van der Waals surface area contributed by atoms with E-state index in [-0.39, 0.29) is 6.04 Å². The van der Waals surface area contributed by atoms with Gasteiger partial charge in [0.2, 0.25) is 5.95 Å². The number of aromatic nitrogens is 2. The van der Waals surface area contributed by atoms with Gasteiger partial charge in [-0.3, -0.25) is 0 Å². The second-order valence-corrected chi connectivity index (χ2v) is 4.36. The molecule has 2 N–H and O–H groups in total. The summed E-state index contributed by atoms with van der Waals surface area (Å²) in [6.07, 6.45) is 4.29. The Bertz CT molecular complexity index is 333. The summed E-state index contributed by atoms with van der Waals surface area (Å²) in [6.45, 7) is 4.85. The fourth-order valence-corrected chi connectivity index (χ4v) is 1.66. The maximum Gasteiger partial charge on any atom is 0.225 e. The molecule has 0 saturated heterocycles. The highest BCUT2D eigenvalue weighted by atomic mass is 15.3. The molecule has 1 fully saturated rings. The third-order valence-electron chi connectivity index (χ3n) is 2.51. The van der Waals surface area contributed by atoms with Crippen molar-refractivity contribution in [3.63, 3.8) is 0 Å². The number of hydrogen-bond donors (Lipinski definition) is 1. The van der Waals surface area contributed by atoms with Gasteiger partial charge in [-0.15, -0.1) is 0 Å². The maximum atomic E-state index is 5.84. The van der Waals surface area contributed by atoms with Crippen LogP contribution in [0.25, 0.3) is 0 Å². The minimum atomic E-state index is 0.162. The molecule has 1 atom stereocenters. The van der Waals surface area contributed by atoms with Crippen LogP contribution in [0.15, 0.2) is 12.3 Å². The molecular formula is C11H18N4. The molecule has 1 saturated carbocycles. The number of aryl methyl sites for hydroxylation is 1. The van der Waals surface area contributed by atoms with Gasteiger partial charge in [-0.2, -0.15) is 0 Å². The van der Waals surface area contributed by atoms with Crippen LogP contribution >= 0.6 is 0 Å². The number of rotatable bonds is 4. The molecule has 82 valence electrons. The predicted octanol–water partition coefficient (Wildman–Crippen LogP) is 1.10. The van der Waals surface area contributed by atoms with E-state index in [2.05, 4.69) is 14.9 Å². The maximum absolute atomic E-state index is 5.84. The Balaban J connectivity index is 2.16. The molecule has 1 aliphatic rings. The van der Waals surface area contributed by atoms with Crippen molar-refractivity contribution < 1.29 is 0 Å². The summed E-state index contributed by atoms with van der Waals surface area (Å²) in [5, 5.41) is 0. The van der Waals surface area contributed by atoms with Crippen molar-refractivity contribution >= 4 is 5.95 Å². The first-order chi connectivity index (χ1) is 7.16. The third kappa shape index (κ3) is 2.65. The van der Waals surface area contributed by atoms with Crippen LogP contribution in [0.3, 0.4) is 0 Å². The average Bonchev–Trinajstić information content (AvgIpc) is 2.97. The van der Waals surface area contributed by atoms with Crippen LogP contribution in [0, 0.1) is 6.92 Å². The third-order valence-corrected chi connectivity index (χ3v) is 2.51. The van der Waals surface area contributed by atoms with E-state index in [1.165, 1.54) is 12.8 Å². The summed E-state index contributed by atoms with van der Waals surface area (Å²) in [4.78, 5) is 11.0. The number of nitrogens with zero attached hydrogens (tertiary/aromatic N) is 3. The first-order valence-electron chi connectivity index (χ1n) is 5.48. The normalized spacial score (nSPS) is 17.5. The Morgan fingerprint density at radius 1 is 1.60 bits per heavy atom. The second kappa shape index (κ2) is 4.14. The van der Waals surface area contributed by atoms with Crippen molar-refractivity contribution in [2.75, 3.05) is 11.4 Å².